The van der Waals surface area contributed by atoms with Gasteiger partial charge in [0.1, 0.15) is 5.75 Å². The van der Waals surface area contributed by atoms with Crippen molar-refractivity contribution in [1.82, 2.24) is 0 Å². The zero-order chi connectivity index (χ0) is 12.5. The first-order chi connectivity index (χ1) is 8.27. The molecule has 0 amide bonds. The molecule has 0 aromatic heterocycles. The smallest absolute Gasteiger partial charge is 0.142 e. The number of aliphatic hydroxyl groups excluding tert-OH is 1. The molecule has 17 heavy (non-hydrogen) atoms. The Kier molecular flexibility index (Phi) is 6.48. The maximum atomic E-state index is 8.64. The van der Waals surface area contributed by atoms with Crippen LogP contribution in [0.4, 0.5) is 5.69 Å². The van der Waals surface area contributed by atoms with Crippen molar-refractivity contribution in [3.05, 3.63) is 23.8 Å². The van der Waals surface area contributed by atoms with Gasteiger partial charge in [0.05, 0.1) is 12.3 Å². The number of anilines is 1. The first-order valence-electron chi connectivity index (χ1n) is 6.40. The first kappa shape index (κ1) is 13.8. The minimum atomic E-state index is 0.284. The van der Waals surface area contributed by atoms with Gasteiger partial charge in [-0.05, 0) is 43.4 Å². The lowest BCUT2D eigenvalue weighted by molar-refractivity contribution is 0.274. The molecule has 0 spiro atoms. The Hall–Kier alpha value is -1.22. The van der Waals surface area contributed by atoms with E-state index in [0.717, 1.165) is 43.5 Å². The summed E-state index contributed by atoms with van der Waals surface area (Å²) in [4.78, 5) is 0. The highest BCUT2D eigenvalue weighted by atomic mass is 16.5. The van der Waals surface area contributed by atoms with Crippen LogP contribution in [0.25, 0.3) is 0 Å². The molecule has 3 N–H and O–H groups in total. The summed E-state index contributed by atoms with van der Waals surface area (Å²) in [5.74, 6) is 0.782. The van der Waals surface area contributed by atoms with Crippen molar-refractivity contribution in [2.75, 3.05) is 18.9 Å². The zero-order valence-electron chi connectivity index (χ0n) is 10.6. The quantitative estimate of drug-likeness (QED) is 0.540. The predicted octanol–water partition coefficient (Wildman–Crippen LogP) is 2.76. The Morgan fingerprint density at radius 2 is 1.94 bits per heavy atom. The average molecular weight is 237 g/mol. The van der Waals surface area contributed by atoms with Gasteiger partial charge in [0.25, 0.3) is 0 Å². The van der Waals surface area contributed by atoms with E-state index in [1.807, 2.05) is 12.1 Å². The second-order valence-electron chi connectivity index (χ2n) is 4.21. The van der Waals surface area contributed by atoms with Crippen molar-refractivity contribution < 1.29 is 9.84 Å². The molecule has 1 aromatic carbocycles. The molecule has 0 aliphatic rings. The van der Waals surface area contributed by atoms with E-state index in [2.05, 4.69) is 13.0 Å². The minimum absolute atomic E-state index is 0.284. The van der Waals surface area contributed by atoms with Gasteiger partial charge in [-0.25, -0.2) is 0 Å². The van der Waals surface area contributed by atoms with E-state index in [0.29, 0.717) is 6.61 Å². The summed E-state index contributed by atoms with van der Waals surface area (Å²) < 4.78 is 5.63. The lowest BCUT2D eigenvalue weighted by atomic mass is 10.1. The number of nitrogen functional groups attached to an aromatic ring is 1. The highest BCUT2D eigenvalue weighted by Gasteiger charge is 2.01. The van der Waals surface area contributed by atoms with Crippen LogP contribution < -0.4 is 10.5 Å². The van der Waals surface area contributed by atoms with Crippen molar-refractivity contribution in [3.8, 4) is 5.75 Å². The summed E-state index contributed by atoms with van der Waals surface area (Å²) in [5.41, 5.74) is 7.86. The van der Waals surface area contributed by atoms with Gasteiger partial charge in [0.2, 0.25) is 0 Å². The Bertz CT molecular complexity index is 326. The summed E-state index contributed by atoms with van der Waals surface area (Å²) in [6, 6.07) is 5.97. The number of aliphatic hydroxyl groups is 1. The van der Waals surface area contributed by atoms with Crippen molar-refractivity contribution in [2.45, 2.75) is 39.0 Å². The van der Waals surface area contributed by atoms with Gasteiger partial charge in [0, 0.05) is 6.61 Å². The van der Waals surface area contributed by atoms with Crippen molar-refractivity contribution in [1.29, 1.82) is 0 Å². The number of unbranched alkanes of at least 4 members (excludes halogenated alkanes) is 3. The first-order valence-corrected chi connectivity index (χ1v) is 6.40. The van der Waals surface area contributed by atoms with Gasteiger partial charge in [-0.3, -0.25) is 0 Å². The number of nitrogens with two attached hydrogens (primary N) is 1. The molecule has 0 heterocycles. The molecule has 0 aliphatic carbocycles. The fourth-order valence-corrected chi connectivity index (χ4v) is 1.70. The fraction of sp³-hybridized carbons (Fsp3) is 0.571. The number of benzene rings is 1. The van der Waals surface area contributed by atoms with Crippen molar-refractivity contribution in [3.63, 3.8) is 0 Å². The van der Waals surface area contributed by atoms with Gasteiger partial charge < -0.3 is 15.6 Å². The second-order valence-corrected chi connectivity index (χ2v) is 4.21. The number of aryl methyl sites for hydroxylation is 1. The molecule has 0 radical (unpaired) electrons. The van der Waals surface area contributed by atoms with Crippen molar-refractivity contribution in [2.24, 2.45) is 0 Å². The van der Waals surface area contributed by atoms with Crippen LogP contribution in [0.2, 0.25) is 0 Å². The molecule has 1 rings (SSSR count). The molecular weight excluding hydrogens is 214 g/mol. The van der Waals surface area contributed by atoms with E-state index in [1.165, 1.54) is 5.56 Å². The van der Waals surface area contributed by atoms with Crippen LogP contribution in [-0.4, -0.2) is 18.3 Å². The number of hydrogen-bond acceptors (Lipinski definition) is 3. The molecular formula is C14H23NO2. The Morgan fingerprint density at radius 1 is 1.18 bits per heavy atom. The van der Waals surface area contributed by atoms with E-state index in [4.69, 9.17) is 15.6 Å². The molecule has 0 bridgehead atoms. The summed E-state index contributed by atoms with van der Waals surface area (Å²) in [5, 5.41) is 8.64. The van der Waals surface area contributed by atoms with Gasteiger partial charge in [-0.2, -0.15) is 0 Å². The van der Waals surface area contributed by atoms with Gasteiger partial charge in [-0.1, -0.05) is 19.4 Å². The van der Waals surface area contributed by atoms with Crippen LogP contribution in [0.1, 0.15) is 38.2 Å². The molecule has 0 fully saturated rings. The van der Waals surface area contributed by atoms with E-state index in [-0.39, 0.29) is 6.61 Å². The highest BCUT2D eigenvalue weighted by Crippen LogP contribution is 2.23. The highest BCUT2D eigenvalue weighted by molar-refractivity contribution is 5.54. The predicted molar refractivity (Wildman–Crippen MR) is 71.3 cm³/mol. The van der Waals surface area contributed by atoms with Gasteiger partial charge in [-0.15, -0.1) is 0 Å². The molecule has 0 saturated heterocycles. The van der Waals surface area contributed by atoms with E-state index < -0.39 is 0 Å². The lowest BCUT2D eigenvalue weighted by Crippen LogP contribution is -2.01. The van der Waals surface area contributed by atoms with Crippen LogP contribution in [0.15, 0.2) is 18.2 Å². The summed E-state index contributed by atoms with van der Waals surface area (Å²) in [6.45, 7) is 3.09. The summed E-state index contributed by atoms with van der Waals surface area (Å²) in [6.07, 6.45) is 5.03. The normalized spacial score (nSPS) is 10.5. The molecule has 0 aliphatic heterocycles. The van der Waals surface area contributed by atoms with E-state index in [9.17, 15) is 0 Å². The van der Waals surface area contributed by atoms with Crippen LogP contribution in [-0.2, 0) is 6.42 Å². The molecule has 3 heteroatoms. The number of rotatable bonds is 8. The van der Waals surface area contributed by atoms with Crippen LogP contribution in [0.5, 0.6) is 5.75 Å². The Morgan fingerprint density at radius 3 is 2.59 bits per heavy atom. The standard InChI is InChI=1S/C14H23NO2/c1-2-12-7-8-14(13(15)11-12)17-10-6-4-3-5-9-16/h7-8,11,16H,2-6,9-10,15H2,1H3. The maximum Gasteiger partial charge on any atom is 0.142 e. The molecule has 3 nitrogen and oxygen atoms in total. The van der Waals surface area contributed by atoms with Gasteiger partial charge in [0.15, 0.2) is 0 Å². The number of ether oxygens (including phenoxy) is 1. The average Bonchev–Trinajstić information content (AvgIpc) is 2.35. The molecule has 0 saturated carbocycles. The van der Waals surface area contributed by atoms with Crippen molar-refractivity contribution >= 4 is 5.69 Å². The third-order valence-electron chi connectivity index (χ3n) is 2.79. The number of hydrogen-bond donors (Lipinski definition) is 2. The van der Waals surface area contributed by atoms with E-state index in [1.54, 1.807) is 0 Å². The fourth-order valence-electron chi connectivity index (χ4n) is 1.70. The SMILES string of the molecule is CCc1ccc(OCCCCCCO)c(N)c1. The minimum Gasteiger partial charge on any atom is -0.491 e. The monoisotopic (exact) mass is 237 g/mol. The molecule has 1 aromatic rings. The Labute approximate surface area is 104 Å². The third kappa shape index (κ3) is 5.09. The second kappa shape index (κ2) is 7.96. The lowest BCUT2D eigenvalue weighted by Gasteiger charge is -2.09. The summed E-state index contributed by atoms with van der Waals surface area (Å²) >= 11 is 0. The largest absolute Gasteiger partial charge is 0.491 e. The summed E-state index contributed by atoms with van der Waals surface area (Å²) in [7, 11) is 0. The molecule has 0 atom stereocenters. The van der Waals surface area contributed by atoms with Crippen LogP contribution >= 0.6 is 0 Å². The maximum absolute atomic E-state index is 8.64. The molecule has 0 unspecified atom stereocenters. The van der Waals surface area contributed by atoms with Crippen LogP contribution in [0, 0.1) is 0 Å². The zero-order valence-corrected chi connectivity index (χ0v) is 10.6. The van der Waals surface area contributed by atoms with Gasteiger partial charge >= 0.3 is 0 Å². The Balaban J connectivity index is 2.27. The van der Waals surface area contributed by atoms with E-state index >= 15 is 0 Å². The topological polar surface area (TPSA) is 55.5 Å². The van der Waals surface area contributed by atoms with Crippen LogP contribution in [0.3, 0.4) is 0 Å². The molecule has 96 valence electrons. The third-order valence-corrected chi connectivity index (χ3v) is 2.79.